The van der Waals surface area contributed by atoms with Crippen LogP contribution in [0.15, 0.2) is 24.4 Å². The molecule has 8 heteroatoms. The van der Waals surface area contributed by atoms with Gasteiger partial charge in [-0.1, -0.05) is 34.8 Å². The van der Waals surface area contributed by atoms with Crippen molar-refractivity contribution >= 4 is 58.0 Å². The van der Waals surface area contributed by atoms with Gasteiger partial charge in [-0.25, -0.2) is 9.78 Å². The van der Waals surface area contributed by atoms with Crippen LogP contribution in [0, 0.1) is 0 Å². The second-order valence-electron chi connectivity index (χ2n) is 3.84. The highest BCUT2D eigenvalue weighted by Crippen LogP contribution is 2.34. The number of anilines is 3. The van der Waals surface area contributed by atoms with Crippen molar-refractivity contribution in [3.63, 3.8) is 0 Å². The van der Waals surface area contributed by atoms with E-state index in [0.717, 1.165) is 0 Å². The highest BCUT2D eigenvalue weighted by molar-refractivity contribution is 6.44. The number of carboxylic acid groups (broad SMARTS) is 1. The number of aromatic carboxylic acids is 1. The Hall–Kier alpha value is -1.69. The summed E-state index contributed by atoms with van der Waals surface area (Å²) in [5.41, 5.74) is 6.07. The van der Waals surface area contributed by atoms with Crippen molar-refractivity contribution in [3.8, 4) is 0 Å². The lowest BCUT2D eigenvalue weighted by molar-refractivity contribution is 0.0697. The Labute approximate surface area is 129 Å². The number of hydrogen-bond donors (Lipinski definition) is 3. The first-order chi connectivity index (χ1) is 9.38. The first-order valence-electron chi connectivity index (χ1n) is 5.29. The van der Waals surface area contributed by atoms with Crippen molar-refractivity contribution in [2.24, 2.45) is 0 Å². The summed E-state index contributed by atoms with van der Waals surface area (Å²) in [6.45, 7) is 0. The highest BCUT2D eigenvalue weighted by atomic mass is 35.5. The summed E-state index contributed by atoms with van der Waals surface area (Å²) < 4.78 is 0. The Morgan fingerprint density at radius 2 is 1.80 bits per heavy atom. The van der Waals surface area contributed by atoms with Crippen molar-refractivity contribution in [1.29, 1.82) is 0 Å². The molecule has 0 amide bonds. The normalized spacial score (nSPS) is 10.3. The largest absolute Gasteiger partial charge is 0.478 e. The van der Waals surface area contributed by atoms with Crippen molar-refractivity contribution in [2.45, 2.75) is 0 Å². The molecule has 0 fully saturated rings. The first-order valence-corrected chi connectivity index (χ1v) is 6.42. The maximum absolute atomic E-state index is 11.2. The van der Waals surface area contributed by atoms with Crippen LogP contribution in [0.3, 0.4) is 0 Å². The lowest BCUT2D eigenvalue weighted by Crippen LogP contribution is -2.06. The van der Waals surface area contributed by atoms with Gasteiger partial charge in [0, 0.05) is 0 Å². The van der Waals surface area contributed by atoms with E-state index in [4.69, 9.17) is 45.6 Å². The molecule has 0 saturated carbocycles. The van der Waals surface area contributed by atoms with E-state index >= 15 is 0 Å². The number of nitrogens with one attached hydrogen (secondary N) is 1. The summed E-state index contributed by atoms with van der Waals surface area (Å²) in [5.74, 6) is -1.06. The van der Waals surface area contributed by atoms with Crippen LogP contribution >= 0.6 is 34.8 Å². The minimum Gasteiger partial charge on any atom is -0.478 e. The third-order valence-electron chi connectivity index (χ3n) is 2.40. The molecule has 4 N–H and O–H groups in total. The summed E-state index contributed by atoms with van der Waals surface area (Å²) in [4.78, 5) is 15.1. The summed E-state index contributed by atoms with van der Waals surface area (Å²) in [6.07, 6.45) is 1.33. The zero-order valence-corrected chi connectivity index (χ0v) is 12.1. The molecular formula is C12H8Cl3N3O2. The smallest absolute Gasteiger partial charge is 0.339 e. The van der Waals surface area contributed by atoms with Crippen molar-refractivity contribution in [3.05, 3.63) is 45.0 Å². The van der Waals surface area contributed by atoms with Crippen LogP contribution in [-0.2, 0) is 0 Å². The van der Waals surface area contributed by atoms with E-state index in [1.165, 1.54) is 24.4 Å². The predicted molar refractivity (Wildman–Crippen MR) is 80.4 cm³/mol. The summed E-state index contributed by atoms with van der Waals surface area (Å²) in [7, 11) is 0. The fourth-order valence-corrected chi connectivity index (χ4v) is 2.08. The van der Waals surface area contributed by atoms with Crippen molar-refractivity contribution in [2.75, 3.05) is 11.1 Å². The molecule has 0 aliphatic heterocycles. The van der Waals surface area contributed by atoms with Gasteiger partial charge in [0.2, 0.25) is 0 Å². The van der Waals surface area contributed by atoms with Gasteiger partial charge in [0.05, 0.1) is 32.6 Å². The van der Waals surface area contributed by atoms with Gasteiger partial charge in [0.15, 0.2) is 0 Å². The van der Waals surface area contributed by atoms with Crippen LogP contribution in [0.4, 0.5) is 17.2 Å². The molecule has 0 bridgehead atoms. The molecule has 0 aliphatic rings. The molecule has 1 aromatic heterocycles. The highest BCUT2D eigenvalue weighted by Gasteiger charge is 2.14. The molecular weight excluding hydrogens is 325 g/mol. The average Bonchev–Trinajstić information content (AvgIpc) is 2.37. The molecule has 0 unspecified atom stereocenters. The van der Waals surface area contributed by atoms with Crippen LogP contribution in [0.5, 0.6) is 0 Å². The molecule has 5 nitrogen and oxygen atoms in total. The predicted octanol–water partition coefficient (Wildman–Crippen LogP) is 4.07. The number of nitrogen functional groups attached to an aromatic ring is 1. The van der Waals surface area contributed by atoms with Crippen LogP contribution in [0.1, 0.15) is 10.4 Å². The molecule has 2 rings (SSSR count). The second kappa shape index (κ2) is 5.75. The number of hydrogen-bond acceptors (Lipinski definition) is 4. The van der Waals surface area contributed by atoms with E-state index < -0.39 is 5.97 Å². The number of benzene rings is 1. The number of rotatable bonds is 3. The lowest BCUT2D eigenvalue weighted by atomic mass is 10.2. The minimum atomic E-state index is -1.16. The van der Waals surface area contributed by atoms with Gasteiger partial charge in [0.25, 0.3) is 0 Å². The molecule has 0 spiro atoms. The van der Waals surface area contributed by atoms with E-state index in [0.29, 0.717) is 10.7 Å². The van der Waals surface area contributed by atoms with Crippen molar-refractivity contribution < 1.29 is 9.90 Å². The molecule has 1 heterocycles. The Bertz CT molecular complexity index is 692. The standard InChI is InChI=1S/C12H8Cl3N3O2/c13-7-2-9(15)10(3-8(7)14)18-11-6(12(19)20)1-5(16)4-17-11/h1-4H,16H2,(H,17,18)(H,19,20). The fraction of sp³-hybridized carbons (Fsp3) is 0. The quantitative estimate of drug-likeness (QED) is 0.737. The minimum absolute atomic E-state index is 0.0767. The number of nitrogens with zero attached hydrogens (tertiary/aromatic N) is 1. The lowest BCUT2D eigenvalue weighted by Gasteiger charge is -2.11. The number of nitrogens with two attached hydrogens (primary N) is 1. The van der Waals surface area contributed by atoms with Crippen LogP contribution in [0.25, 0.3) is 0 Å². The van der Waals surface area contributed by atoms with Gasteiger partial charge in [-0.2, -0.15) is 0 Å². The molecule has 1 aromatic carbocycles. The van der Waals surface area contributed by atoms with E-state index in [-0.39, 0.29) is 27.1 Å². The topological polar surface area (TPSA) is 88.2 Å². The van der Waals surface area contributed by atoms with E-state index in [1.807, 2.05) is 0 Å². The van der Waals surface area contributed by atoms with E-state index in [2.05, 4.69) is 10.3 Å². The summed E-state index contributed by atoms with van der Waals surface area (Å²) in [5, 5.41) is 12.8. The Kier molecular flexibility index (Phi) is 4.23. The van der Waals surface area contributed by atoms with Gasteiger partial charge in [-0.15, -0.1) is 0 Å². The molecule has 20 heavy (non-hydrogen) atoms. The molecule has 2 aromatic rings. The summed E-state index contributed by atoms with van der Waals surface area (Å²) in [6, 6.07) is 4.23. The van der Waals surface area contributed by atoms with E-state index in [1.54, 1.807) is 0 Å². The average molecular weight is 333 g/mol. The van der Waals surface area contributed by atoms with Gasteiger partial charge in [-0.05, 0) is 18.2 Å². The van der Waals surface area contributed by atoms with Crippen molar-refractivity contribution in [1.82, 2.24) is 4.98 Å². The van der Waals surface area contributed by atoms with E-state index in [9.17, 15) is 4.79 Å². The first kappa shape index (κ1) is 14.7. The number of carbonyl (C=O) groups is 1. The SMILES string of the molecule is Nc1cnc(Nc2cc(Cl)c(Cl)cc2Cl)c(C(=O)O)c1. The zero-order chi connectivity index (χ0) is 14.9. The Morgan fingerprint density at radius 1 is 1.15 bits per heavy atom. The number of aromatic nitrogens is 1. The molecule has 0 aliphatic carbocycles. The number of halogens is 3. The van der Waals surface area contributed by atoms with Gasteiger partial charge in [-0.3, -0.25) is 0 Å². The Morgan fingerprint density at radius 3 is 2.45 bits per heavy atom. The zero-order valence-electron chi connectivity index (χ0n) is 9.82. The molecule has 104 valence electrons. The monoisotopic (exact) mass is 331 g/mol. The second-order valence-corrected chi connectivity index (χ2v) is 5.06. The molecule has 0 atom stereocenters. The van der Waals surface area contributed by atoms with Gasteiger partial charge < -0.3 is 16.2 Å². The van der Waals surface area contributed by atoms with Crippen LogP contribution < -0.4 is 11.1 Å². The maximum Gasteiger partial charge on any atom is 0.339 e. The van der Waals surface area contributed by atoms with Crippen LogP contribution in [0.2, 0.25) is 15.1 Å². The Balaban J connectivity index is 2.45. The number of pyridine rings is 1. The van der Waals surface area contributed by atoms with Gasteiger partial charge >= 0.3 is 5.97 Å². The maximum atomic E-state index is 11.2. The third-order valence-corrected chi connectivity index (χ3v) is 3.44. The van der Waals surface area contributed by atoms with Crippen LogP contribution in [-0.4, -0.2) is 16.1 Å². The molecule has 0 radical (unpaired) electrons. The fourth-order valence-electron chi connectivity index (χ4n) is 1.49. The number of carboxylic acids is 1. The molecule has 0 saturated heterocycles. The van der Waals surface area contributed by atoms with Gasteiger partial charge in [0.1, 0.15) is 11.4 Å². The third kappa shape index (κ3) is 3.07. The summed E-state index contributed by atoms with van der Waals surface area (Å²) >= 11 is 17.7.